The number of aromatic nitrogens is 1. The van der Waals surface area contributed by atoms with Crippen molar-refractivity contribution in [2.45, 2.75) is 6.54 Å². The Balaban J connectivity index is 1.48. The first kappa shape index (κ1) is 18.3. The van der Waals surface area contributed by atoms with Crippen LogP contribution in [0, 0.1) is 0 Å². The lowest BCUT2D eigenvalue weighted by Gasteiger charge is -2.08. The van der Waals surface area contributed by atoms with Gasteiger partial charge in [0.15, 0.2) is 5.76 Å². The quantitative estimate of drug-likeness (QED) is 0.617. The SMILES string of the molecule is COc1cccc(OCCNC(=O)c2ccc(Cn3ccccc3=O)o2)c1. The number of methoxy groups -OCH3 is 1. The standard InChI is InChI=1S/C20H20N2O5/c1-25-15-5-4-6-16(13-15)26-12-10-21-20(24)18-9-8-17(27-18)14-22-11-3-2-7-19(22)23/h2-9,11,13H,10,12,14H2,1H3,(H,21,24). The van der Waals surface area contributed by atoms with Crippen LogP contribution in [0.3, 0.4) is 0 Å². The van der Waals surface area contributed by atoms with Crippen LogP contribution in [0.5, 0.6) is 11.5 Å². The summed E-state index contributed by atoms with van der Waals surface area (Å²) in [5, 5.41) is 2.73. The van der Waals surface area contributed by atoms with E-state index in [9.17, 15) is 9.59 Å². The number of benzene rings is 1. The minimum atomic E-state index is -0.337. The van der Waals surface area contributed by atoms with E-state index in [1.165, 1.54) is 10.6 Å². The first-order chi connectivity index (χ1) is 13.2. The van der Waals surface area contributed by atoms with Crippen molar-refractivity contribution in [3.05, 3.63) is 82.7 Å². The molecule has 7 nitrogen and oxygen atoms in total. The molecular weight excluding hydrogens is 348 g/mol. The Kier molecular flexibility index (Phi) is 5.94. The number of rotatable bonds is 8. The largest absolute Gasteiger partial charge is 0.497 e. The highest BCUT2D eigenvalue weighted by molar-refractivity contribution is 5.91. The highest BCUT2D eigenvalue weighted by atomic mass is 16.5. The number of furan rings is 1. The predicted octanol–water partition coefficient (Wildman–Crippen LogP) is 2.31. The molecule has 140 valence electrons. The summed E-state index contributed by atoms with van der Waals surface area (Å²) in [6.45, 7) is 0.905. The summed E-state index contributed by atoms with van der Waals surface area (Å²) in [7, 11) is 1.59. The van der Waals surface area contributed by atoms with Crippen LogP contribution in [-0.2, 0) is 6.54 Å². The number of pyridine rings is 1. The van der Waals surface area contributed by atoms with E-state index in [0.717, 1.165) is 0 Å². The maximum atomic E-state index is 12.1. The summed E-state index contributed by atoms with van der Waals surface area (Å²) in [5.74, 6) is 1.75. The zero-order valence-electron chi connectivity index (χ0n) is 14.9. The van der Waals surface area contributed by atoms with Crippen molar-refractivity contribution in [1.29, 1.82) is 0 Å². The number of nitrogens with zero attached hydrogens (tertiary/aromatic N) is 1. The van der Waals surface area contributed by atoms with Crippen molar-refractivity contribution in [3.63, 3.8) is 0 Å². The van der Waals surface area contributed by atoms with Crippen LogP contribution >= 0.6 is 0 Å². The minimum Gasteiger partial charge on any atom is -0.497 e. The second-order valence-electron chi connectivity index (χ2n) is 5.72. The molecule has 0 aliphatic heterocycles. The van der Waals surface area contributed by atoms with Crippen LogP contribution < -0.4 is 20.3 Å². The molecule has 0 saturated carbocycles. The van der Waals surface area contributed by atoms with Crippen molar-refractivity contribution in [2.24, 2.45) is 0 Å². The van der Waals surface area contributed by atoms with E-state index >= 15 is 0 Å². The van der Waals surface area contributed by atoms with Gasteiger partial charge in [0.05, 0.1) is 20.2 Å². The smallest absolute Gasteiger partial charge is 0.287 e. The predicted molar refractivity (Wildman–Crippen MR) is 99.3 cm³/mol. The van der Waals surface area contributed by atoms with E-state index in [4.69, 9.17) is 13.9 Å². The van der Waals surface area contributed by atoms with Crippen LogP contribution in [0.1, 0.15) is 16.3 Å². The van der Waals surface area contributed by atoms with Crippen LogP contribution in [-0.4, -0.2) is 30.7 Å². The summed E-state index contributed by atoms with van der Waals surface area (Å²) >= 11 is 0. The van der Waals surface area contributed by atoms with Gasteiger partial charge in [-0.2, -0.15) is 0 Å². The van der Waals surface area contributed by atoms with Gasteiger partial charge in [-0.15, -0.1) is 0 Å². The van der Waals surface area contributed by atoms with Gasteiger partial charge in [0.1, 0.15) is 23.9 Å². The van der Waals surface area contributed by atoms with Gasteiger partial charge in [-0.3, -0.25) is 9.59 Å². The van der Waals surface area contributed by atoms with Crippen molar-refractivity contribution in [1.82, 2.24) is 9.88 Å². The van der Waals surface area contributed by atoms with Crippen molar-refractivity contribution in [3.8, 4) is 11.5 Å². The van der Waals surface area contributed by atoms with Crippen LogP contribution in [0.15, 0.2) is 70.0 Å². The first-order valence-corrected chi connectivity index (χ1v) is 8.45. The van der Waals surface area contributed by atoms with Gasteiger partial charge in [0.2, 0.25) is 0 Å². The summed E-state index contributed by atoms with van der Waals surface area (Å²) in [6.07, 6.45) is 1.67. The fourth-order valence-corrected chi connectivity index (χ4v) is 2.46. The monoisotopic (exact) mass is 368 g/mol. The number of hydrogen-bond donors (Lipinski definition) is 1. The van der Waals surface area contributed by atoms with Gasteiger partial charge in [0.25, 0.3) is 11.5 Å². The number of amides is 1. The van der Waals surface area contributed by atoms with Crippen LogP contribution in [0.4, 0.5) is 0 Å². The second kappa shape index (κ2) is 8.75. The second-order valence-corrected chi connectivity index (χ2v) is 5.72. The van der Waals surface area contributed by atoms with Gasteiger partial charge < -0.3 is 23.8 Å². The molecule has 1 aromatic carbocycles. The van der Waals surface area contributed by atoms with Crippen molar-refractivity contribution >= 4 is 5.91 Å². The molecule has 3 aromatic rings. The Morgan fingerprint density at radius 3 is 2.78 bits per heavy atom. The van der Waals surface area contributed by atoms with Gasteiger partial charge in [-0.1, -0.05) is 12.1 Å². The fraction of sp³-hybridized carbons (Fsp3) is 0.200. The summed E-state index contributed by atoms with van der Waals surface area (Å²) in [4.78, 5) is 23.9. The molecule has 0 atom stereocenters. The van der Waals surface area contributed by atoms with E-state index in [2.05, 4.69) is 5.32 Å². The normalized spacial score (nSPS) is 10.4. The molecule has 0 aliphatic rings. The van der Waals surface area contributed by atoms with Crippen molar-refractivity contribution < 1.29 is 18.7 Å². The van der Waals surface area contributed by atoms with E-state index in [1.54, 1.807) is 43.6 Å². The molecule has 2 heterocycles. The molecule has 0 spiro atoms. The van der Waals surface area contributed by atoms with E-state index in [-0.39, 0.29) is 23.8 Å². The average Bonchev–Trinajstić information content (AvgIpc) is 3.16. The van der Waals surface area contributed by atoms with E-state index < -0.39 is 0 Å². The number of nitrogens with one attached hydrogen (secondary N) is 1. The van der Waals surface area contributed by atoms with Gasteiger partial charge in [0, 0.05) is 18.3 Å². The molecule has 3 rings (SSSR count). The molecular formula is C20H20N2O5. The molecule has 0 radical (unpaired) electrons. The van der Waals surface area contributed by atoms with E-state index in [0.29, 0.717) is 30.4 Å². The lowest BCUT2D eigenvalue weighted by molar-refractivity contribution is 0.0917. The zero-order chi connectivity index (χ0) is 19.1. The molecule has 0 saturated heterocycles. The third kappa shape index (κ3) is 5.01. The third-order valence-electron chi connectivity index (χ3n) is 3.81. The van der Waals surface area contributed by atoms with Gasteiger partial charge >= 0.3 is 0 Å². The molecule has 0 bridgehead atoms. The molecule has 1 amide bonds. The molecule has 27 heavy (non-hydrogen) atoms. The van der Waals surface area contributed by atoms with Crippen LogP contribution in [0.25, 0.3) is 0 Å². The Labute approximate surface area is 156 Å². The number of hydrogen-bond acceptors (Lipinski definition) is 5. The maximum Gasteiger partial charge on any atom is 0.287 e. The summed E-state index contributed by atoms with van der Waals surface area (Å²) < 4.78 is 17.7. The zero-order valence-corrected chi connectivity index (χ0v) is 14.9. The first-order valence-electron chi connectivity index (χ1n) is 8.45. The molecule has 0 aliphatic carbocycles. The maximum absolute atomic E-state index is 12.1. The Hall–Kier alpha value is -3.48. The molecule has 0 unspecified atom stereocenters. The molecule has 1 N–H and O–H groups in total. The molecule has 0 fully saturated rings. The number of carbonyl (C=O) groups is 1. The lowest BCUT2D eigenvalue weighted by atomic mass is 10.3. The lowest BCUT2D eigenvalue weighted by Crippen LogP contribution is -2.27. The Morgan fingerprint density at radius 2 is 1.96 bits per heavy atom. The highest BCUT2D eigenvalue weighted by Crippen LogP contribution is 2.18. The number of ether oxygens (including phenoxy) is 2. The van der Waals surface area contributed by atoms with Gasteiger partial charge in [-0.05, 0) is 30.3 Å². The van der Waals surface area contributed by atoms with Gasteiger partial charge in [-0.25, -0.2) is 0 Å². The number of carbonyl (C=O) groups excluding carboxylic acids is 1. The van der Waals surface area contributed by atoms with Crippen LogP contribution in [0.2, 0.25) is 0 Å². The topological polar surface area (TPSA) is 82.7 Å². The molecule has 2 aromatic heterocycles. The molecule has 7 heteroatoms. The fourth-order valence-electron chi connectivity index (χ4n) is 2.46. The Morgan fingerprint density at radius 1 is 1.11 bits per heavy atom. The highest BCUT2D eigenvalue weighted by Gasteiger charge is 2.11. The Bertz CT molecular complexity index is 961. The van der Waals surface area contributed by atoms with E-state index in [1.807, 2.05) is 18.2 Å². The minimum absolute atomic E-state index is 0.130. The van der Waals surface area contributed by atoms with Crippen molar-refractivity contribution in [2.75, 3.05) is 20.3 Å². The summed E-state index contributed by atoms with van der Waals surface area (Å²) in [5.41, 5.74) is -0.130. The third-order valence-corrected chi connectivity index (χ3v) is 3.81. The summed E-state index contributed by atoms with van der Waals surface area (Å²) in [6, 6.07) is 15.4. The average molecular weight is 368 g/mol.